The topological polar surface area (TPSA) is 89.3 Å². The minimum Gasteiger partial charge on any atom is -0.396 e. The Morgan fingerprint density at radius 3 is 3.08 bits per heavy atom. The van der Waals surface area contributed by atoms with Crippen molar-refractivity contribution in [2.45, 2.75) is 6.42 Å². The summed E-state index contributed by atoms with van der Waals surface area (Å²) in [5, 5.41) is 12.0. The average Bonchev–Trinajstić information content (AvgIpc) is 2.62. The summed E-state index contributed by atoms with van der Waals surface area (Å²) in [7, 11) is 0. The van der Waals surface area contributed by atoms with E-state index in [2.05, 4.69) is 10.0 Å². The molecule has 0 aromatic carbocycles. The molecule has 1 rings (SSSR count). The Balaban J connectivity index is 2.37. The molecule has 0 bridgehead atoms. The Bertz CT molecular complexity index is 237. The van der Waals surface area contributed by atoms with Gasteiger partial charge >= 0.3 is 0 Å². The second-order valence-electron chi connectivity index (χ2n) is 3.07. The Hall–Kier alpha value is -1.26. The van der Waals surface area contributed by atoms with Gasteiger partial charge in [-0.1, -0.05) is 5.11 Å². The molecule has 1 fully saturated rings. The van der Waals surface area contributed by atoms with E-state index in [1.54, 1.807) is 4.90 Å². The number of hydrogen-bond acceptors (Lipinski definition) is 3. The second-order valence-corrected chi connectivity index (χ2v) is 3.07. The first-order chi connectivity index (χ1) is 6.27. The van der Waals surface area contributed by atoms with Gasteiger partial charge in [-0.3, -0.25) is 4.79 Å². The maximum absolute atomic E-state index is 11.2. The van der Waals surface area contributed by atoms with Crippen LogP contribution in [0.5, 0.6) is 0 Å². The molecule has 6 heteroatoms. The van der Waals surface area contributed by atoms with Gasteiger partial charge in [0.15, 0.2) is 0 Å². The molecule has 13 heavy (non-hydrogen) atoms. The van der Waals surface area contributed by atoms with Gasteiger partial charge < -0.3 is 10.0 Å². The zero-order valence-corrected chi connectivity index (χ0v) is 7.26. The van der Waals surface area contributed by atoms with Crippen LogP contribution in [0.1, 0.15) is 6.42 Å². The van der Waals surface area contributed by atoms with Gasteiger partial charge in [0.05, 0.1) is 0 Å². The van der Waals surface area contributed by atoms with Crippen molar-refractivity contribution in [1.29, 1.82) is 0 Å². The molecule has 1 aliphatic rings. The van der Waals surface area contributed by atoms with Crippen LogP contribution in [-0.2, 0) is 4.79 Å². The molecule has 72 valence electrons. The highest BCUT2D eigenvalue weighted by Crippen LogP contribution is 2.15. The maximum Gasteiger partial charge on any atom is 0.228 e. The molecule has 1 heterocycles. The van der Waals surface area contributed by atoms with E-state index in [-0.39, 0.29) is 25.0 Å². The molecule has 6 nitrogen and oxygen atoms in total. The van der Waals surface area contributed by atoms with Crippen molar-refractivity contribution < 1.29 is 9.90 Å². The van der Waals surface area contributed by atoms with Crippen molar-refractivity contribution in [3.05, 3.63) is 10.4 Å². The number of aliphatic hydroxyl groups is 1. The number of likely N-dealkylation sites (tertiary alicyclic amines) is 1. The first-order valence-corrected chi connectivity index (χ1v) is 4.17. The van der Waals surface area contributed by atoms with Gasteiger partial charge in [0.25, 0.3) is 0 Å². The van der Waals surface area contributed by atoms with Crippen molar-refractivity contribution in [1.82, 2.24) is 4.90 Å². The van der Waals surface area contributed by atoms with Crippen LogP contribution in [0.2, 0.25) is 0 Å². The minimum atomic E-state index is -0.159. The molecular weight excluding hydrogens is 172 g/mol. The standard InChI is InChI=1S/C7H12N4O2/c8-10-9-3-7(13)11-2-1-6(4-11)5-12/h6,12H,1-5H2/t6-/m1/s1. The summed E-state index contributed by atoms with van der Waals surface area (Å²) in [4.78, 5) is 15.4. The summed E-state index contributed by atoms with van der Waals surface area (Å²) in [6, 6.07) is 0. The normalized spacial score (nSPS) is 21.3. The SMILES string of the molecule is [N-]=[N+]=NCC(=O)N1CC[C@@H](CO)C1. The third kappa shape index (κ3) is 2.61. The van der Waals surface area contributed by atoms with E-state index in [4.69, 9.17) is 10.6 Å². The molecule has 0 aliphatic carbocycles. The highest BCUT2D eigenvalue weighted by atomic mass is 16.3. The molecular formula is C7H12N4O2. The summed E-state index contributed by atoms with van der Waals surface area (Å²) in [5.74, 6) is 0.0313. The smallest absolute Gasteiger partial charge is 0.228 e. The van der Waals surface area contributed by atoms with Crippen LogP contribution in [0.15, 0.2) is 5.11 Å². The Labute approximate surface area is 75.8 Å². The van der Waals surface area contributed by atoms with E-state index in [0.717, 1.165) is 6.42 Å². The van der Waals surface area contributed by atoms with Crippen molar-refractivity contribution in [2.75, 3.05) is 26.2 Å². The maximum atomic E-state index is 11.2. The number of hydrogen-bond donors (Lipinski definition) is 1. The fourth-order valence-corrected chi connectivity index (χ4v) is 1.40. The molecule has 0 aromatic rings. The summed E-state index contributed by atoms with van der Waals surface area (Å²) in [5.41, 5.74) is 8.00. The van der Waals surface area contributed by atoms with Gasteiger partial charge in [-0.05, 0) is 12.0 Å². The van der Waals surface area contributed by atoms with Crippen LogP contribution in [0, 0.1) is 5.92 Å². The monoisotopic (exact) mass is 184 g/mol. The first-order valence-electron chi connectivity index (χ1n) is 4.17. The zero-order chi connectivity index (χ0) is 9.68. The van der Waals surface area contributed by atoms with Gasteiger partial charge in [-0.25, -0.2) is 0 Å². The Morgan fingerprint density at radius 1 is 1.77 bits per heavy atom. The molecule has 1 amide bonds. The average molecular weight is 184 g/mol. The fraction of sp³-hybridized carbons (Fsp3) is 0.857. The molecule has 0 radical (unpaired) electrons. The van der Waals surface area contributed by atoms with Crippen LogP contribution in [0.4, 0.5) is 0 Å². The summed E-state index contributed by atoms with van der Waals surface area (Å²) >= 11 is 0. The number of aliphatic hydroxyl groups excluding tert-OH is 1. The first kappa shape index (κ1) is 9.83. The van der Waals surface area contributed by atoms with E-state index in [9.17, 15) is 4.79 Å². The van der Waals surface area contributed by atoms with Gasteiger partial charge in [0.1, 0.15) is 6.54 Å². The number of amides is 1. The summed E-state index contributed by atoms with van der Waals surface area (Å²) < 4.78 is 0. The molecule has 1 saturated heterocycles. The van der Waals surface area contributed by atoms with Crippen LogP contribution in [0.25, 0.3) is 10.4 Å². The van der Waals surface area contributed by atoms with Crippen molar-refractivity contribution >= 4 is 5.91 Å². The van der Waals surface area contributed by atoms with Crippen LogP contribution in [-0.4, -0.2) is 42.2 Å². The highest BCUT2D eigenvalue weighted by molar-refractivity contribution is 5.78. The Morgan fingerprint density at radius 2 is 2.54 bits per heavy atom. The summed E-state index contributed by atoms with van der Waals surface area (Å²) in [6.45, 7) is 1.24. The van der Waals surface area contributed by atoms with Gasteiger partial charge in [-0.15, -0.1) is 0 Å². The predicted octanol–water partition coefficient (Wildman–Crippen LogP) is 0.138. The van der Waals surface area contributed by atoms with Crippen molar-refractivity contribution in [3.8, 4) is 0 Å². The zero-order valence-electron chi connectivity index (χ0n) is 7.26. The van der Waals surface area contributed by atoms with E-state index in [1.165, 1.54) is 0 Å². The highest BCUT2D eigenvalue weighted by Gasteiger charge is 2.24. The number of nitrogens with zero attached hydrogens (tertiary/aromatic N) is 4. The van der Waals surface area contributed by atoms with E-state index in [0.29, 0.717) is 13.1 Å². The van der Waals surface area contributed by atoms with E-state index >= 15 is 0 Å². The largest absolute Gasteiger partial charge is 0.396 e. The van der Waals surface area contributed by atoms with Crippen LogP contribution >= 0.6 is 0 Å². The number of carbonyl (C=O) groups excluding carboxylic acids is 1. The minimum absolute atomic E-state index is 0.116. The van der Waals surface area contributed by atoms with Crippen molar-refractivity contribution in [3.63, 3.8) is 0 Å². The molecule has 0 spiro atoms. The molecule has 1 N–H and O–H groups in total. The lowest BCUT2D eigenvalue weighted by Crippen LogP contribution is -2.30. The van der Waals surface area contributed by atoms with Gasteiger partial charge in [0.2, 0.25) is 5.91 Å². The lowest BCUT2D eigenvalue weighted by Gasteiger charge is -2.14. The van der Waals surface area contributed by atoms with Crippen molar-refractivity contribution in [2.24, 2.45) is 11.0 Å². The lowest BCUT2D eigenvalue weighted by atomic mass is 10.1. The van der Waals surface area contributed by atoms with Gasteiger partial charge in [0, 0.05) is 30.5 Å². The second kappa shape index (κ2) is 4.69. The number of rotatable bonds is 3. The third-order valence-electron chi connectivity index (χ3n) is 2.17. The lowest BCUT2D eigenvalue weighted by molar-refractivity contribution is -0.128. The van der Waals surface area contributed by atoms with Crippen LogP contribution < -0.4 is 0 Å². The third-order valence-corrected chi connectivity index (χ3v) is 2.17. The Kier molecular flexibility index (Phi) is 3.54. The van der Waals surface area contributed by atoms with Crippen LogP contribution in [0.3, 0.4) is 0 Å². The summed E-state index contributed by atoms with van der Waals surface area (Å²) in [6.07, 6.45) is 0.832. The molecule has 0 unspecified atom stereocenters. The molecule has 0 aromatic heterocycles. The van der Waals surface area contributed by atoms with Gasteiger partial charge in [-0.2, -0.15) is 0 Å². The molecule has 0 saturated carbocycles. The number of carbonyl (C=O) groups is 1. The number of azide groups is 1. The molecule has 1 aliphatic heterocycles. The van der Waals surface area contributed by atoms with E-state index < -0.39 is 0 Å². The van der Waals surface area contributed by atoms with E-state index in [1.807, 2.05) is 0 Å². The predicted molar refractivity (Wildman–Crippen MR) is 45.8 cm³/mol. The fourth-order valence-electron chi connectivity index (χ4n) is 1.40. The quantitative estimate of drug-likeness (QED) is 0.384. The molecule has 1 atom stereocenters.